The minimum Gasteiger partial charge on any atom is -0.329 e. The maximum absolute atomic E-state index is 4.76. The van der Waals surface area contributed by atoms with Gasteiger partial charge in [-0.25, -0.2) is 14.6 Å². The molecule has 0 amide bonds. The molecule has 0 spiro atoms. The fourth-order valence-electron chi connectivity index (χ4n) is 3.32. The predicted octanol–water partition coefficient (Wildman–Crippen LogP) is 2.79. The third-order valence-corrected chi connectivity index (χ3v) is 4.70. The van der Waals surface area contributed by atoms with Crippen LogP contribution in [0, 0.1) is 5.92 Å². The van der Waals surface area contributed by atoms with E-state index in [2.05, 4.69) is 58.3 Å². The quantitative estimate of drug-likeness (QED) is 0.705. The van der Waals surface area contributed by atoms with E-state index >= 15 is 0 Å². The summed E-state index contributed by atoms with van der Waals surface area (Å²) in [6, 6.07) is 10.3. The van der Waals surface area contributed by atoms with Crippen LogP contribution >= 0.6 is 0 Å². The minimum absolute atomic E-state index is 0.0625. The average molecular weight is 349 g/mol. The van der Waals surface area contributed by atoms with Crippen molar-refractivity contribution in [1.29, 1.82) is 0 Å². The maximum atomic E-state index is 4.76. The molecule has 0 saturated carbocycles. The molecule has 0 fully saturated rings. The molecule has 7 heteroatoms. The first-order valence-electron chi connectivity index (χ1n) is 9.03. The van der Waals surface area contributed by atoms with Crippen molar-refractivity contribution in [3.63, 3.8) is 0 Å². The number of benzene rings is 1. The Kier molecular flexibility index (Phi) is 4.36. The Balaban J connectivity index is 1.57. The molecule has 0 radical (unpaired) electrons. The van der Waals surface area contributed by atoms with Crippen molar-refractivity contribution in [2.75, 3.05) is 4.90 Å². The Bertz CT molecular complexity index is 888. The Labute approximate surface area is 153 Å². The molecule has 26 heavy (non-hydrogen) atoms. The average Bonchev–Trinajstić information content (AvgIpc) is 3.27. The van der Waals surface area contributed by atoms with Crippen LogP contribution in [-0.4, -0.2) is 30.2 Å². The van der Waals surface area contributed by atoms with Crippen molar-refractivity contribution in [3.05, 3.63) is 59.2 Å². The molecule has 3 aromatic rings. The van der Waals surface area contributed by atoms with E-state index in [0.29, 0.717) is 12.5 Å². The lowest BCUT2D eigenvalue weighted by atomic mass is 10.1. The van der Waals surface area contributed by atoms with Crippen molar-refractivity contribution in [3.8, 4) is 0 Å². The van der Waals surface area contributed by atoms with Crippen LogP contribution in [0.5, 0.6) is 0 Å². The van der Waals surface area contributed by atoms with Gasteiger partial charge in [-0.1, -0.05) is 49.3 Å². The normalized spacial score (nSPS) is 14.7. The molecular weight excluding hydrogens is 326 g/mol. The Morgan fingerprint density at radius 2 is 1.88 bits per heavy atom. The van der Waals surface area contributed by atoms with Crippen LogP contribution in [0.4, 0.5) is 5.95 Å². The molecule has 134 valence electrons. The van der Waals surface area contributed by atoms with E-state index in [1.54, 1.807) is 0 Å². The van der Waals surface area contributed by atoms with Crippen LogP contribution in [0.3, 0.4) is 0 Å². The zero-order valence-corrected chi connectivity index (χ0v) is 15.4. The lowest BCUT2D eigenvalue weighted by Gasteiger charge is -2.19. The maximum Gasteiger partial charge on any atom is 0.246 e. The van der Waals surface area contributed by atoms with Crippen molar-refractivity contribution in [2.45, 2.75) is 46.3 Å². The van der Waals surface area contributed by atoms with Gasteiger partial charge < -0.3 is 4.90 Å². The standard InChI is InChI=1S/C19H23N7/c1-13(2)9-18-20-10-16-11-25(12-17(16)21-18)19-22-23-24-26(19)14(3)15-7-5-4-6-8-15/h4-8,10,13-14H,9,11-12H2,1-3H3/t14-/m0/s1. The van der Waals surface area contributed by atoms with Crippen LogP contribution < -0.4 is 4.90 Å². The molecule has 0 bridgehead atoms. The van der Waals surface area contributed by atoms with Gasteiger partial charge >= 0.3 is 0 Å². The smallest absolute Gasteiger partial charge is 0.246 e. The summed E-state index contributed by atoms with van der Waals surface area (Å²) in [5, 5.41) is 12.4. The van der Waals surface area contributed by atoms with Crippen molar-refractivity contribution < 1.29 is 0 Å². The monoisotopic (exact) mass is 349 g/mol. The summed E-state index contributed by atoms with van der Waals surface area (Å²) in [6.45, 7) is 7.92. The topological polar surface area (TPSA) is 72.6 Å². The van der Waals surface area contributed by atoms with E-state index in [1.165, 1.54) is 5.56 Å². The fraction of sp³-hybridized carbons (Fsp3) is 0.421. The van der Waals surface area contributed by atoms with Gasteiger partial charge in [-0.05, 0) is 28.8 Å². The van der Waals surface area contributed by atoms with Crippen molar-refractivity contribution >= 4 is 5.95 Å². The summed E-state index contributed by atoms with van der Waals surface area (Å²) in [6.07, 6.45) is 2.85. The summed E-state index contributed by atoms with van der Waals surface area (Å²) >= 11 is 0. The SMILES string of the molecule is CC(C)Cc1ncc2c(n1)CN(c1nnnn1[C@@H](C)c1ccccc1)C2. The first-order chi connectivity index (χ1) is 12.6. The fourth-order valence-corrected chi connectivity index (χ4v) is 3.32. The van der Waals surface area contributed by atoms with E-state index in [4.69, 9.17) is 4.98 Å². The van der Waals surface area contributed by atoms with Crippen LogP contribution in [0.25, 0.3) is 0 Å². The zero-order chi connectivity index (χ0) is 18.1. The highest BCUT2D eigenvalue weighted by Crippen LogP contribution is 2.28. The number of rotatable bonds is 5. The molecule has 3 heterocycles. The molecule has 0 N–H and O–H groups in total. The number of tetrazole rings is 1. The van der Waals surface area contributed by atoms with E-state index in [-0.39, 0.29) is 6.04 Å². The molecular formula is C19H23N7. The summed E-state index contributed by atoms with van der Waals surface area (Å²) in [5.74, 6) is 2.23. The Morgan fingerprint density at radius 3 is 2.65 bits per heavy atom. The second-order valence-corrected chi connectivity index (χ2v) is 7.22. The molecule has 1 aliphatic rings. The van der Waals surface area contributed by atoms with Gasteiger partial charge in [0.05, 0.1) is 18.3 Å². The summed E-state index contributed by atoms with van der Waals surface area (Å²) in [7, 11) is 0. The Morgan fingerprint density at radius 1 is 1.08 bits per heavy atom. The molecule has 1 aromatic carbocycles. The number of hydrogen-bond donors (Lipinski definition) is 0. The van der Waals surface area contributed by atoms with Gasteiger partial charge in [0, 0.05) is 24.7 Å². The van der Waals surface area contributed by atoms with Gasteiger partial charge in [0.25, 0.3) is 0 Å². The second-order valence-electron chi connectivity index (χ2n) is 7.22. The summed E-state index contributed by atoms with van der Waals surface area (Å²) in [5.41, 5.74) is 3.41. The number of nitrogens with zero attached hydrogens (tertiary/aromatic N) is 7. The molecule has 4 rings (SSSR count). The number of hydrogen-bond acceptors (Lipinski definition) is 6. The van der Waals surface area contributed by atoms with Crippen molar-refractivity contribution in [1.82, 2.24) is 30.2 Å². The molecule has 0 aliphatic carbocycles. The number of aromatic nitrogens is 6. The largest absolute Gasteiger partial charge is 0.329 e. The number of anilines is 1. The van der Waals surface area contributed by atoms with E-state index in [9.17, 15) is 0 Å². The first-order valence-corrected chi connectivity index (χ1v) is 9.03. The lowest BCUT2D eigenvalue weighted by molar-refractivity contribution is 0.536. The highest BCUT2D eigenvalue weighted by Gasteiger charge is 2.27. The molecule has 0 saturated heterocycles. The molecule has 2 aromatic heterocycles. The van der Waals surface area contributed by atoms with Gasteiger partial charge in [-0.2, -0.15) is 0 Å². The minimum atomic E-state index is 0.0625. The Hall–Kier alpha value is -2.83. The van der Waals surface area contributed by atoms with Crippen molar-refractivity contribution in [2.24, 2.45) is 5.92 Å². The van der Waals surface area contributed by atoms with Crippen LogP contribution in [0.15, 0.2) is 36.5 Å². The van der Waals surface area contributed by atoms with Gasteiger partial charge in [-0.3, -0.25) is 0 Å². The molecule has 7 nitrogen and oxygen atoms in total. The summed E-state index contributed by atoms with van der Waals surface area (Å²) < 4.78 is 1.88. The van der Waals surface area contributed by atoms with Crippen LogP contribution in [0.1, 0.15) is 49.5 Å². The van der Waals surface area contributed by atoms with Crippen LogP contribution in [-0.2, 0) is 19.5 Å². The van der Waals surface area contributed by atoms with Crippen LogP contribution in [0.2, 0.25) is 0 Å². The van der Waals surface area contributed by atoms with Gasteiger partial charge in [0.1, 0.15) is 5.82 Å². The first kappa shape index (κ1) is 16.6. The van der Waals surface area contributed by atoms with E-state index < -0.39 is 0 Å². The predicted molar refractivity (Wildman–Crippen MR) is 98.5 cm³/mol. The third kappa shape index (κ3) is 3.16. The highest BCUT2D eigenvalue weighted by molar-refractivity contribution is 5.40. The van der Waals surface area contributed by atoms with Gasteiger partial charge in [0.2, 0.25) is 5.95 Å². The zero-order valence-electron chi connectivity index (χ0n) is 15.4. The molecule has 1 aliphatic heterocycles. The van der Waals surface area contributed by atoms with E-state index in [0.717, 1.165) is 36.0 Å². The molecule has 1 atom stereocenters. The highest BCUT2D eigenvalue weighted by atomic mass is 15.6. The van der Waals surface area contributed by atoms with Gasteiger partial charge in [0.15, 0.2) is 0 Å². The second kappa shape index (κ2) is 6.82. The lowest BCUT2D eigenvalue weighted by Crippen LogP contribution is -2.22. The van der Waals surface area contributed by atoms with Gasteiger partial charge in [-0.15, -0.1) is 0 Å². The molecule has 0 unspecified atom stereocenters. The summed E-state index contributed by atoms with van der Waals surface area (Å²) in [4.78, 5) is 11.4. The third-order valence-electron chi connectivity index (χ3n) is 4.70. The number of fused-ring (bicyclic) bond motifs is 1. The van der Waals surface area contributed by atoms with E-state index in [1.807, 2.05) is 29.1 Å².